The van der Waals surface area contributed by atoms with Crippen LogP contribution < -0.4 is 5.32 Å². The molecule has 9 heteroatoms. The Balaban J connectivity index is 1.52. The molecular weight excluding hydrogens is 459 g/mol. The number of thiophene rings is 1. The van der Waals surface area contributed by atoms with Gasteiger partial charge in [0.2, 0.25) is 5.91 Å². The summed E-state index contributed by atoms with van der Waals surface area (Å²) in [7, 11) is 0. The molecule has 0 spiro atoms. The average molecular weight is 475 g/mol. The zero-order valence-electron chi connectivity index (χ0n) is 15.6. The van der Waals surface area contributed by atoms with Crippen molar-refractivity contribution in [3.8, 4) is 10.7 Å². The quantitative estimate of drug-likeness (QED) is 0.329. The maximum atomic E-state index is 12.5. The highest BCUT2D eigenvalue weighted by atomic mass is 35.5. The summed E-state index contributed by atoms with van der Waals surface area (Å²) in [4.78, 5) is 13.5. The minimum Gasteiger partial charge on any atom is -0.324 e. The van der Waals surface area contributed by atoms with Gasteiger partial charge in [0.1, 0.15) is 0 Å². The number of halogens is 2. The molecule has 0 radical (unpaired) electrons. The largest absolute Gasteiger partial charge is 0.324 e. The Hall–Kier alpha value is -2.32. The standard InChI is InChI=1S/C21H16Cl2N4OS2/c22-15-8-4-9-16(19(15)23)24-18(28)13-30-21-26-25-20(17-10-5-11-29-17)27(21)12-14-6-2-1-3-7-14/h1-11H,12-13H2,(H,24,28). The number of carbonyl (C=O) groups is 1. The molecule has 152 valence electrons. The second-order valence-electron chi connectivity index (χ2n) is 6.29. The number of benzene rings is 2. The molecule has 0 fully saturated rings. The first-order valence-electron chi connectivity index (χ1n) is 8.99. The third-order valence-corrected chi connectivity index (χ3v) is 6.85. The van der Waals surface area contributed by atoms with E-state index >= 15 is 0 Å². The van der Waals surface area contributed by atoms with Gasteiger partial charge in [-0.15, -0.1) is 21.5 Å². The molecule has 0 saturated carbocycles. The van der Waals surface area contributed by atoms with E-state index in [-0.39, 0.29) is 11.7 Å². The number of nitrogens with one attached hydrogen (secondary N) is 1. The summed E-state index contributed by atoms with van der Waals surface area (Å²) in [5.41, 5.74) is 1.62. The molecule has 4 aromatic rings. The molecule has 2 aromatic heterocycles. The summed E-state index contributed by atoms with van der Waals surface area (Å²) < 4.78 is 2.03. The first-order chi connectivity index (χ1) is 14.6. The predicted molar refractivity (Wildman–Crippen MR) is 125 cm³/mol. The Labute approximate surface area is 192 Å². The van der Waals surface area contributed by atoms with Crippen LogP contribution in [0.2, 0.25) is 10.0 Å². The molecule has 0 aliphatic carbocycles. The van der Waals surface area contributed by atoms with Gasteiger partial charge in [-0.2, -0.15) is 0 Å². The molecular formula is C21H16Cl2N4OS2. The number of hydrogen-bond donors (Lipinski definition) is 1. The van der Waals surface area contributed by atoms with Gasteiger partial charge < -0.3 is 5.32 Å². The first-order valence-corrected chi connectivity index (χ1v) is 11.6. The van der Waals surface area contributed by atoms with E-state index in [1.54, 1.807) is 29.5 Å². The molecule has 1 amide bonds. The van der Waals surface area contributed by atoms with E-state index in [0.29, 0.717) is 27.4 Å². The topological polar surface area (TPSA) is 59.8 Å². The van der Waals surface area contributed by atoms with Crippen molar-refractivity contribution in [3.05, 3.63) is 81.7 Å². The van der Waals surface area contributed by atoms with Crippen LogP contribution in [0.4, 0.5) is 5.69 Å². The van der Waals surface area contributed by atoms with Gasteiger partial charge in [-0.1, -0.05) is 77.4 Å². The van der Waals surface area contributed by atoms with E-state index in [4.69, 9.17) is 23.2 Å². The van der Waals surface area contributed by atoms with Crippen molar-refractivity contribution in [2.24, 2.45) is 0 Å². The number of anilines is 1. The van der Waals surface area contributed by atoms with E-state index in [0.717, 1.165) is 16.3 Å². The van der Waals surface area contributed by atoms with Gasteiger partial charge in [-0.25, -0.2) is 0 Å². The third kappa shape index (κ3) is 4.87. The van der Waals surface area contributed by atoms with Gasteiger partial charge in [0.05, 0.1) is 32.9 Å². The fraction of sp³-hybridized carbons (Fsp3) is 0.0952. The highest BCUT2D eigenvalue weighted by Crippen LogP contribution is 2.31. The molecule has 0 aliphatic heterocycles. The Morgan fingerprint density at radius 2 is 1.87 bits per heavy atom. The third-order valence-electron chi connectivity index (χ3n) is 4.20. The average Bonchev–Trinajstić information content (AvgIpc) is 3.41. The normalized spacial score (nSPS) is 10.9. The summed E-state index contributed by atoms with van der Waals surface area (Å²) in [6.45, 7) is 0.616. The van der Waals surface area contributed by atoms with Crippen LogP contribution in [0.25, 0.3) is 10.7 Å². The minimum atomic E-state index is -0.198. The van der Waals surface area contributed by atoms with Crippen LogP contribution in [-0.4, -0.2) is 26.4 Å². The lowest BCUT2D eigenvalue weighted by atomic mass is 10.2. The lowest BCUT2D eigenvalue weighted by Gasteiger charge is -2.10. The van der Waals surface area contributed by atoms with Crippen LogP contribution >= 0.6 is 46.3 Å². The van der Waals surface area contributed by atoms with Crippen LogP contribution in [0, 0.1) is 0 Å². The number of thioether (sulfide) groups is 1. The fourth-order valence-electron chi connectivity index (χ4n) is 2.81. The lowest BCUT2D eigenvalue weighted by molar-refractivity contribution is -0.113. The molecule has 5 nitrogen and oxygen atoms in total. The zero-order valence-corrected chi connectivity index (χ0v) is 18.7. The predicted octanol–water partition coefficient (Wildman–Crippen LogP) is 6.09. The van der Waals surface area contributed by atoms with Crippen molar-refractivity contribution in [1.82, 2.24) is 14.8 Å². The SMILES string of the molecule is O=C(CSc1nnc(-c2cccs2)n1Cc1ccccc1)Nc1cccc(Cl)c1Cl. The monoisotopic (exact) mass is 474 g/mol. The Morgan fingerprint density at radius 3 is 2.63 bits per heavy atom. The number of carbonyl (C=O) groups excluding carboxylic acids is 1. The molecule has 1 N–H and O–H groups in total. The number of hydrogen-bond acceptors (Lipinski definition) is 5. The zero-order chi connectivity index (χ0) is 20.9. The van der Waals surface area contributed by atoms with Crippen molar-refractivity contribution in [3.63, 3.8) is 0 Å². The molecule has 0 aliphatic rings. The van der Waals surface area contributed by atoms with E-state index in [1.165, 1.54) is 11.8 Å². The second kappa shape index (κ2) is 9.66. The van der Waals surface area contributed by atoms with Gasteiger partial charge in [0.15, 0.2) is 11.0 Å². The van der Waals surface area contributed by atoms with E-state index in [9.17, 15) is 4.79 Å². The minimum absolute atomic E-state index is 0.167. The highest BCUT2D eigenvalue weighted by molar-refractivity contribution is 7.99. The van der Waals surface area contributed by atoms with Crippen molar-refractivity contribution in [2.75, 3.05) is 11.1 Å². The van der Waals surface area contributed by atoms with Crippen molar-refractivity contribution in [2.45, 2.75) is 11.7 Å². The fourth-order valence-corrected chi connectivity index (χ4v) is 4.61. The van der Waals surface area contributed by atoms with Crippen molar-refractivity contribution >= 4 is 57.9 Å². The second-order valence-corrected chi connectivity index (χ2v) is 8.97. The Kier molecular flexibility index (Phi) is 6.74. The van der Waals surface area contributed by atoms with E-state index in [1.807, 2.05) is 40.3 Å². The van der Waals surface area contributed by atoms with Gasteiger partial charge >= 0.3 is 0 Å². The number of amides is 1. The van der Waals surface area contributed by atoms with Crippen LogP contribution in [0.5, 0.6) is 0 Å². The van der Waals surface area contributed by atoms with Crippen molar-refractivity contribution in [1.29, 1.82) is 0 Å². The summed E-state index contributed by atoms with van der Waals surface area (Å²) in [5, 5.41) is 14.9. The van der Waals surface area contributed by atoms with Crippen LogP contribution in [0.3, 0.4) is 0 Å². The molecule has 2 heterocycles. The molecule has 2 aromatic carbocycles. The molecule has 0 unspecified atom stereocenters. The summed E-state index contributed by atoms with van der Waals surface area (Å²) in [5.74, 6) is 0.756. The van der Waals surface area contributed by atoms with Gasteiger partial charge in [0.25, 0.3) is 0 Å². The van der Waals surface area contributed by atoms with Crippen LogP contribution in [0.1, 0.15) is 5.56 Å². The first kappa shape index (κ1) is 20.9. The molecule has 0 saturated heterocycles. The molecule has 0 bridgehead atoms. The number of aromatic nitrogens is 3. The van der Waals surface area contributed by atoms with Crippen LogP contribution in [-0.2, 0) is 11.3 Å². The number of rotatable bonds is 7. The van der Waals surface area contributed by atoms with E-state index < -0.39 is 0 Å². The van der Waals surface area contributed by atoms with Crippen molar-refractivity contribution < 1.29 is 4.79 Å². The van der Waals surface area contributed by atoms with Gasteiger partial charge in [-0.3, -0.25) is 9.36 Å². The Bertz CT molecular complexity index is 1150. The van der Waals surface area contributed by atoms with Gasteiger partial charge in [0, 0.05) is 0 Å². The van der Waals surface area contributed by atoms with E-state index in [2.05, 4.69) is 27.6 Å². The molecule has 30 heavy (non-hydrogen) atoms. The van der Waals surface area contributed by atoms with Crippen LogP contribution in [0.15, 0.2) is 71.2 Å². The smallest absolute Gasteiger partial charge is 0.234 e. The Morgan fingerprint density at radius 1 is 1.03 bits per heavy atom. The number of nitrogens with zero attached hydrogens (tertiary/aromatic N) is 3. The summed E-state index contributed by atoms with van der Waals surface area (Å²) >= 11 is 15.1. The molecule has 0 atom stereocenters. The summed E-state index contributed by atoms with van der Waals surface area (Å²) in [6.07, 6.45) is 0. The lowest BCUT2D eigenvalue weighted by Crippen LogP contribution is -2.15. The maximum absolute atomic E-state index is 12.5. The summed E-state index contributed by atoms with van der Waals surface area (Å²) in [6, 6.07) is 19.2. The molecule has 4 rings (SSSR count). The maximum Gasteiger partial charge on any atom is 0.234 e. The van der Waals surface area contributed by atoms with Gasteiger partial charge in [-0.05, 0) is 29.1 Å². The highest BCUT2D eigenvalue weighted by Gasteiger charge is 2.17.